The van der Waals surface area contributed by atoms with E-state index in [4.69, 9.17) is 10.2 Å². The fourth-order valence-electron chi connectivity index (χ4n) is 1.66. The third kappa shape index (κ3) is 14.1. The van der Waals surface area contributed by atoms with Crippen LogP contribution in [0.4, 0.5) is 15.3 Å². The van der Waals surface area contributed by atoms with E-state index >= 15 is 0 Å². The summed E-state index contributed by atoms with van der Waals surface area (Å²) in [6.07, 6.45) is 4.50. The van der Waals surface area contributed by atoms with Gasteiger partial charge in [-0.05, 0) is 18.6 Å². The number of carboxylic acid groups (broad SMARTS) is 2. The summed E-state index contributed by atoms with van der Waals surface area (Å²) in [6, 6.07) is 7.80. The zero-order valence-corrected chi connectivity index (χ0v) is 13.2. The zero-order valence-electron chi connectivity index (χ0n) is 13.2. The van der Waals surface area contributed by atoms with Gasteiger partial charge in [0.2, 0.25) is 0 Å². The second kappa shape index (κ2) is 13.1. The molecule has 1 rings (SSSR count). The number of urea groups is 1. The highest BCUT2D eigenvalue weighted by molar-refractivity contribution is 5.98. The van der Waals surface area contributed by atoms with Crippen molar-refractivity contribution in [1.82, 2.24) is 5.32 Å². The van der Waals surface area contributed by atoms with Gasteiger partial charge in [0.25, 0.3) is 0 Å². The molecule has 1 aromatic rings. The molecule has 0 fully saturated rings. The van der Waals surface area contributed by atoms with Gasteiger partial charge in [0.05, 0.1) is 0 Å². The summed E-state index contributed by atoms with van der Waals surface area (Å²) in [4.78, 5) is 30.9. The van der Waals surface area contributed by atoms with Gasteiger partial charge in [0.1, 0.15) is 0 Å². The van der Waals surface area contributed by atoms with Gasteiger partial charge in [-0.15, -0.1) is 0 Å². The number of carboxylic acids is 1. The van der Waals surface area contributed by atoms with Gasteiger partial charge in [0, 0.05) is 12.1 Å². The van der Waals surface area contributed by atoms with E-state index in [-0.39, 0.29) is 0 Å². The molecule has 0 aliphatic rings. The van der Waals surface area contributed by atoms with Crippen molar-refractivity contribution in [3.63, 3.8) is 0 Å². The number of rotatable bonds is 7. The Balaban J connectivity index is 0.000000438. The topological polar surface area (TPSA) is 116 Å². The summed E-state index contributed by atoms with van der Waals surface area (Å²) < 4.78 is 0. The van der Waals surface area contributed by atoms with Gasteiger partial charge >= 0.3 is 18.1 Å². The van der Waals surface area contributed by atoms with E-state index < -0.39 is 18.1 Å². The molecule has 7 nitrogen and oxygen atoms in total. The highest BCUT2D eigenvalue weighted by Gasteiger charge is 2.03. The monoisotopic (exact) mass is 324 g/mol. The molecular weight excluding hydrogens is 300 g/mol. The normalized spacial score (nSPS) is 9.26. The number of nitrogens with one attached hydrogen (secondary N) is 2. The number of unbranched alkanes of at least 4 members (excludes halogenated alkanes) is 4. The summed E-state index contributed by atoms with van der Waals surface area (Å²) in [5.74, 6) is -0.670. The summed E-state index contributed by atoms with van der Waals surface area (Å²) >= 11 is 0. The lowest BCUT2D eigenvalue weighted by atomic mass is 10.1. The Bertz CT molecular complexity index is 477. The fourth-order valence-corrected chi connectivity index (χ4v) is 1.66. The van der Waals surface area contributed by atoms with Crippen LogP contribution in [0.5, 0.6) is 0 Å². The Kier molecular flexibility index (Phi) is 11.7. The Hall–Kier alpha value is -2.57. The SMILES string of the molecule is CCCCCCCC(=O)O.O=C(O)NC(=O)Nc1ccccc1. The predicted octanol–water partition coefficient (Wildman–Crippen LogP) is 3.92. The van der Waals surface area contributed by atoms with Gasteiger partial charge in [-0.2, -0.15) is 0 Å². The molecule has 0 saturated heterocycles. The molecule has 0 spiro atoms. The minimum atomic E-state index is -1.38. The highest BCUT2D eigenvalue weighted by atomic mass is 16.4. The summed E-state index contributed by atoms with van der Waals surface area (Å²) in [5, 5.41) is 20.5. The number of amides is 3. The lowest BCUT2D eigenvalue weighted by Crippen LogP contribution is -2.32. The van der Waals surface area contributed by atoms with Gasteiger partial charge < -0.3 is 15.5 Å². The standard InChI is InChI=1S/C8H8N2O3.C8H16O2/c11-7(10-8(12)13)9-6-4-2-1-3-5-6;1-2-3-4-5-6-7-8(9)10/h1-5H,(H,12,13)(H2,9,10,11);2-7H2,1H3,(H,9,10). The molecule has 0 aromatic heterocycles. The van der Waals surface area contributed by atoms with E-state index in [0.717, 1.165) is 12.8 Å². The van der Waals surface area contributed by atoms with Crippen LogP contribution in [0.25, 0.3) is 0 Å². The molecule has 0 bridgehead atoms. The maximum absolute atomic E-state index is 10.8. The second-order valence-corrected chi connectivity index (χ2v) is 4.81. The Morgan fingerprint density at radius 3 is 2.09 bits per heavy atom. The third-order valence-corrected chi connectivity index (χ3v) is 2.75. The van der Waals surface area contributed by atoms with Crippen molar-refractivity contribution in [2.75, 3.05) is 5.32 Å². The third-order valence-electron chi connectivity index (χ3n) is 2.75. The lowest BCUT2D eigenvalue weighted by molar-refractivity contribution is -0.137. The smallest absolute Gasteiger partial charge is 0.412 e. The van der Waals surface area contributed by atoms with Crippen LogP contribution in [0.15, 0.2) is 30.3 Å². The Morgan fingerprint density at radius 1 is 0.957 bits per heavy atom. The second-order valence-electron chi connectivity index (χ2n) is 4.81. The molecule has 0 aliphatic carbocycles. The van der Waals surface area contributed by atoms with Crippen molar-refractivity contribution in [3.05, 3.63) is 30.3 Å². The number of para-hydroxylation sites is 1. The number of anilines is 1. The van der Waals surface area contributed by atoms with Crippen LogP contribution in [0, 0.1) is 0 Å². The molecule has 128 valence electrons. The molecule has 1 aromatic carbocycles. The zero-order chi connectivity index (χ0) is 17.5. The summed E-state index contributed by atoms with van der Waals surface area (Å²) in [5.41, 5.74) is 0.543. The summed E-state index contributed by atoms with van der Waals surface area (Å²) in [6.45, 7) is 2.15. The van der Waals surface area contributed by atoms with Crippen LogP contribution in [0.3, 0.4) is 0 Å². The Labute approximate surface area is 135 Å². The van der Waals surface area contributed by atoms with E-state index in [1.807, 2.05) is 0 Å². The largest absolute Gasteiger partial charge is 0.481 e. The van der Waals surface area contributed by atoms with E-state index in [1.54, 1.807) is 35.6 Å². The lowest BCUT2D eigenvalue weighted by Gasteiger charge is -2.02. The average Bonchev–Trinajstić information content (AvgIpc) is 2.47. The van der Waals surface area contributed by atoms with Crippen molar-refractivity contribution in [1.29, 1.82) is 0 Å². The van der Waals surface area contributed by atoms with Gasteiger partial charge in [-0.25, -0.2) is 14.9 Å². The molecule has 3 amide bonds. The number of carbonyl (C=O) groups is 3. The maximum atomic E-state index is 10.8. The minimum Gasteiger partial charge on any atom is -0.481 e. The average molecular weight is 324 g/mol. The number of hydrogen-bond acceptors (Lipinski definition) is 3. The first kappa shape index (κ1) is 20.4. The van der Waals surface area contributed by atoms with Crippen molar-refractivity contribution in [2.24, 2.45) is 0 Å². The minimum absolute atomic E-state index is 0.337. The van der Waals surface area contributed by atoms with Crippen LogP contribution in [-0.2, 0) is 4.79 Å². The molecule has 0 unspecified atom stereocenters. The van der Waals surface area contributed by atoms with Crippen molar-refractivity contribution < 1.29 is 24.6 Å². The molecule has 0 atom stereocenters. The van der Waals surface area contributed by atoms with Gasteiger partial charge in [-0.1, -0.05) is 50.8 Å². The number of aliphatic carboxylic acids is 1. The maximum Gasteiger partial charge on any atom is 0.412 e. The fraction of sp³-hybridized carbons (Fsp3) is 0.438. The molecule has 0 heterocycles. The number of benzene rings is 1. The van der Waals surface area contributed by atoms with E-state index in [0.29, 0.717) is 12.1 Å². The number of imide groups is 1. The molecular formula is C16H24N2O5. The highest BCUT2D eigenvalue weighted by Crippen LogP contribution is 2.04. The molecule has 0 aliphatic heterocycles. The van der Waals surface area contributed by atoms with Crippen LogP contribution in [0.2, 0.25) is 0 Å². The molecule has 0 saturated carbocycles. The molecule has 4 N–H and O–H groups in total. The van der Waals surface area contributed by atoms with Crippen LogP contribution in [-0.4, -0.2) is 28.3 Å². The van der Waals surface area contributed by atoms with Crippen molar-refractivity contribution in [3.8, 4) is 0 Å². The van der Waals surface area contributed by atoms with Crippen molar-refractivity contribution >= 4 is 23.8 Å². The van der Waals surface area contributed by atoms with Crippen LogP contribution in [0.1, 0.15) is 45.4 Å². The summed E-state index contributed by atoms with van der Waals surface area (Å²) in [7, 11) is 0. The number of hydrogen-bond donors (Lipinski definition) is 4. The first-order valence-corrected chi connectivity index (χ1v) is 7.53. The molecule has 0 radical (unpaired) electrons. The Morgan fingerprint density at radius 2 is 1.57 bits per heavy atom. The van der Waals surface area contributed by atoms with Gasteiger partial charge in [0.15, 0.2) is 0 Å². The van der Waals surface area contributed by atoms with Crippen molar-refractivity contribution in [2.45, 2.75) is 45.4 Å². The van der Waals surface area contributed by atoms with Crippen LogP contribution < -0.4 is 10.6 Å². The molecule has 7 heteroatoms. The first-order valence-electron chi connectivity index (χ1n) is 7.53. The number of carbonyl (C=O) groups excluding carboxylic acids is 1. The van der Waals surface area contributed by atoms with E-state index in [2.05, 4.69) is 12.2 Å². The van der Waals surface area contributed by atoms with E-state index in [1.165, 1.54) is 19.3 Å². The first-order chi connectivity index (χ1) is 11.0. The van der Waals surface area contributed by atoms with Crippen LogP contribution >= 0.6 is 0 Å². The van der Waals surface area contributed by atoms with Gasteiger partial charge in [-0.3, -0.25) is 4.79 Å². The quantitative estimate of drug-likeness (QED) is 0.567. The molecule has 23 heavy (non-hydrogen) atoms. The predicted molar refractivity (Wildman–Crippen MR) is 87.6 cm³/mol. The van der Waals surface area contributed by atoms with E-state index in [9.17, 15) is 14.4 Å².